The number of β-lactam (4-membered cyclic amide) rings is 1. The maximum atomic E-state index is 15.2. The summed E-state index contributed by atoms with van der Waals surface area (Å²) in [5, 5.41) is 18.1. The summed E-state index contributed by atoms with van der Waals surface area (Å²) in [7, 11) is 0. The molecule has 5 aromatic carbocycles. The first-order chi connectivity index (χ1) is 40.0. The average Bonchev–Trinajstić information content (AvgIpc) is 0.890. The molecule has 8 rings (SSSR count). The molecule has 1 fully saturated rings. The Morgan fingerprint density at radius 1 is 0.667 bits per heavy atom. The van der Waals surface area contributed by atoms with Crippen molar-refractivity contribution in [2.24, 2.45) is 5.16 Å². The van der Waals surface area contributed by atoms with Crippen molar-refractivity contribution in [2.45, 2.75) is 102 Å². The molecule has 1 aromatic heterocycles. The van der Waals surface area contributed by atoms with Gasteiger partial charge >= 0.3 is 24.2 Å². The quantitative estimate of drug-likeness (QED) is 0.0148. The number of hydrogen-bond acceptors (Lipinski definition) is 16. The van der Waals surface area contributed by atoms with Gasteiger partial charge in [0.25, 0.3) is 11.8 Å². The standard InChI is InChI=1S/C63H67N7O11S3/c1-60(2,3)78-57(74)64-35-40(36-65-58(75)79-61(4,5)6)37-82-47-39-83-54-49(53(72)70(54)50(47)55(73)77-51(41-25-15-10-16-26-41)42-27-17-11-18-28-42)67-52(71)48(46-38-84-56(66-46)68-59(76)80-62(7,8)9)69-81-63(43-29-19-12-20-30-43,44-31-21-13-22-32-44)45-33-23-14-24-34-45/h10-34,37-38,49,51,54H,35-36,39H2,1-9H3,(H,64,74)(H,65,75)(H,67,71)(H,66,68,76)/b69-48-/t49?,54-/m1/s1. The molecule has 1 saturated heterocycles. The van der Waals surface area contributed by atoms with Crippen molar-refractivity contribution < 1.29 is 52.6 Å². The van der Waals surface area contributed by atoms with E-state index in [0.29, 0.717) is 38.3 Å². The minimum absolute atomic E-state index is 0.00666. The van der Waals surface area contributed by atoms with Crippen LogP contribution in [0.1, 0.15) is 102 Å². The number of thiazole rings is 1. The average molecular weight is 1190 g/mol. The molecule has 3 heterocycles. The Hall–Kier alpha value is -8.40. The number of carbonyl (C=O) groups is 6. The van der Waals surface area contributed by atoms with Gasteiger partial charge in [0.05, 0.1) is 0 Å². The lowest BCUT2D eigenvalue weighted by Gasteiger charge is -2.49. The normalized spacial score (nSPS) is 15.4. The van der Waals surface area contributed by atoms with E-state index < -0.39 is 76.0 Å². The second kappa shape index (κ2) is 26.9. The third kappa shape index (κ3) is 16.0. The summed E-state index contributed by atoms with van der Waals surface area (Å²) in [4.78, 5) is 97.2. The molecule has 1 unspecified atom stereocenters. The molecule has 2 aliphatic rings. The van der Waals surface area contributed by atoms with E-state index in [9.17, 15) is 19.2 Å². The Balaban J connectivity index is 1.17. The number of nitrogens with zero attached hydrogens (tertiary/aromatic N) is 3. The number of esters is 1. The van der Waals surface area contributed by atoms with Crippen LogP contribution in [0.5, 0.6) is 0 Å². The summed E-state index contributed by atoms with van der Waals surface area (Å²) in [5.74, 6) is -2.17. The number of amides is 5. The van der Waals surface area contributed by atoms with E-state index in [2.05, 4.69) is 31.4 Å². The van der Waals surface area contributed by atoms with Crippen molar-refractivity contribution in [1.82, 2.24) is 25.8 Å². The molecule has 21 heteroatoms. The number of anilines is 1. The van der Waals surface area contributed by atoms with Gasteiger partial charge < -0.3 is 39.7 Å². The van der Waals surface area contributed by atoms with Crippen LogP contribution in [-0.2, 0) is 43.8 Å². The number of nitrogens with one attached hydrogen (secondary N) is 4. The number of alkyl carbamates (subject to hydrolysis) is 2. The van der Waals surface area contributed by atoms with Crippen molar-refractivity contribution in [3.63, 3.8) is 0 Å². The van der Waals surface area contributed by atoms with Crippen LogP contribution in [-0.4, -0.2) is 98.7 Å². The van der Waals surface area contributed by atoms with Crippen LogP contribution in [0.15, 0.2) is 184 Å². The largest absolute Gasteiger partial charge is 0.448 e. The lowest BCUT2D eigenvalue weighted by atomic mass is 9.80. The zero-order valence-electron chi connectivity index (χ0n) is 48.0. The highest BCUT2D eigenvalue weighted by atomic mass is 32.2. The molecule has 0 spiro atoms. The molecule has 6 aromatic rings. The second-order valence-corrected chi connectivity index (χ2v) is 25.2. The van der Waals surface area contributed by atoms with E-state index in [1.807, 2.05) is 152 Å². The van der Waals surface area contributed by atoms with Gasteiger partial charge in [-0.3, -0.25) is 19.8 Å². The van der Waals surface area contributed by atoms with E-state index in [0.717, 1.165) is 23.1 Å². The number of carbonyl (C=O) groups excluding carboxylic acids is 6. The molecule has 438 valence electrons. The Kier molecular flexibility index (Phi) is 19.7. The van der Waals surface area contributed by atoms with Crippen LogP contribution in [0.3, 0.4) is 0 Å². The van der Waals surface area contributed by atoms with E-state index in [1.54, 1.807) is 67.7 Å². The maximum absolute atomic E-state index is 15.2. The Bertz CT molecular complexity index is 3230. The molecule has 0 saturated carbocycles. The summed E-state index contributed by atoms with van der Waals surface area (Å²) in [6, 6.07) is 45.4. The summed E-state index contributed by atoms with van der Waals surface area (Å²) in [6.45, 7) is 15.4. The van der Waals surface area contributed by atoms with Gasteiger partial charge in [-0.1, -0.05) is 169 Å². The first kappa shape index (κ1) is 61.7. The Morgan fingerprint density at radius 2 is 1.12 bits per heavy atom. The molecule has 0 aliphatic carbocycles. The van der Waals surface area contributed by atoms with Gasteiger partial charge in [0.2, 0.25) is 5.60 Å². The molecule has 4 N–H and O–H groups in total. The number of fused-ring (bicyclic) bond motifs is 1. The minimum Gasteiger partial charge on any atom is -0.448 e. The van der Waals surface area contributed by atoms with Gasteiger partial charge in [0.15, 0.2) is 16.9 Å². The van der Waals surface area contributed by atoms with Gasteiger partial charge in [-0.25, -0.2) is 24.2 Å². The lowest BCUT2D eigenvalue weighted by Crippen LogP contribution is -2.71. The number of thioether (sulfide) groups is 2. The predicted octanol–water partition coefficient (Wildman–Crippen LogP) is 11.8. The summed E-state index contributed by atoms with van der Waals surface area (Å²) >= 11 is 3.42. The zero-order chi connectivity index (χ0) is 60.2. The lowest BCUT2D eigenvalue weighted by molar-refractivity contribution is -0.154. The highest BCUT2D eigenvalue weighted by Gasteiger charge is 2.55. The highest BCUT2D eigenvalue weighted by molar-refractivity contribution is 8.08. The number of oxime groups is 1. The SMILES string of the molecule is CC(C)(C)OC(=O)NCC(=CSC1=C(C(=O)OC(c2ccccc2)c2ccccc2)N2C(=O)C(NC(=O)/C(=N\OC(c3ccccc3)(c3ccccc3)c3ccccc3)c3csc(NC(=O)OC(C)(C)C)n3)[C@H]2SC1)CNC(=O)OC(C)(C)C. The first-order valence-corrected chi connectivity index (χ1v) is 29.8. The predicted molar refractivity (Wildman–Crippen MR) is 326 cm³/mol. The molecule has 18 nitrogen and oxygen atoms in total. The molecule has 5 amide bonds. The van der Waals surface area contributed by atoms with E-state index >= 15 is 9.59 Å². The van der Waals surface area contributed by atoms with Crippen LogP contribution in [0.2, 0.25) is 0 Å². The second-order valence-electron chi connectivity index (χ2n) is 22.3. The van der Waals surface area contributed by atoms with Crippen molar-refractivity contribution >= 4 is 81.8 Å². The topological polar surface area (TPSA) is 225 Å². The fourth-order valence-electron chi connectivity index (χ4n) is 8.75. The van der Waals surface area contributed by atoms with Crippen LogP contribution in [0, 0.1) is 0 Å². The van der Waals surface area contributed by atoms with Gasteiger partial charge in [0.1, 0.15) is 39.6 Å². The third-order valence-corrected chi connectivity index (χ3v) is 15.6. The number of hydrogen-bond donors (Lipinski definition) is 4. The van der Waals surface area contributed by atoms with Crippen LogP contribution in [0.25, 0.3) is 0 Å². The van der Waals surface area contributed by atoms with Crippen LogP contribution < -0.4 is 21.3 Å². The molecular weight excluding hydrogens is 1130 g/mol. The van der Waals surface area contributed by atoms with Gasteiger partial charge in [-0.2, -0.15) is 0 Å². The molecule has 84 heavy (non-hydrogen) atoms. The Labute approximate surface area is 501 Å². The highest BCUT2D eigenvalue weighted by Crippen LogP contribution is 2.46. The number of ether oxygens (including phenoxy) is 4. The molecular formula is C63H67N7O11S3. The third-order valence-electron chi connectivity index (χ3n) is 12.3. The van der Waals surface area contributed by atoms with E-state index in [1.165, 1.54) is 22.0 Å². The minimum atomic E-state index is -1.44. The van der Waals surface area contributed by atoms with E-state index in [4.69, 9.17) is 23.8 Å². The number of aromatic nitrogens is 1. The summed E-state index contributed by atoms with van der Waals surface area (Å²) in [6.07, 6.45) is -3.06. The van der Waals surface area contributed by atoms with E-state index in [-0.39, 0.29) is 41.1 Å². The molecule has 2 atom stereocenters. The van der Waals surface area contributed by atoms with Crippen molar-refractivity contribution in [1.29, 1.82) is 0 Å². The van der Waals surface area contributed by atoms with Gasteiger partial charge in [-0.15, -0.1) is 23.1 Å². The summed E-state index contributed by atoms with van der Waals surface area (Å²) < 4.78 is 22.9. The van der Waals surface area contributed by atoms with Gasteiger partial charge in [-0.05, 0) is 84.4 Å². The molecule has 0 bridgehead atoms. The fraction of sp³-hybridized carbons (Fsp3) is 0.302. The van der Waals surface area contributed by atoms with Crippen molar-refractivity contribution in [3.8, 4) is 0 Å². The van der Waals surface area contributed by atoms with Crippen molar-refractivity contribution in [3.05, 3.63) is 212 Å². The summed E-state index contributed by atoms with van der Waals surface area (Å²) in [5.41, 5.74) is -0.357. The first-order valence-electron chi connectivity index (χ1n) is 26.9. The maximum Gasteiger partial charge on any atom is 0.413 e. The van der Waals surface area contributed by atoms with Crippen LogP contribution in [0.4, 0.5) is 19.5 Å². The number of benzene rings is 5. The Morgan fingerprint density at radius 3 is 1.58 bits per heavy atom. The van der Waals surface area contributed by atoms with Gasteiger partial charge in [0, 0.05) is 45.8 Å². The fourth-order valence-corrected chi connectivity index (χ4v) is 11.9. The molecule has 2 aliphatic heterocycles. The zero-order valence-corrected chi connectivity index (χ0v) is 50.4. The smallest absolute Gasteiger partial charge is 0.413 e. The molecule has 0 radical (unpaired) electrons. The monoisotopic (exact) mass is 1190 g/mol. The van der Waals surface area contributed by atoms with Crippen LogP contribution >= 0.6 is 34.9 Å². The van der Waals surface area contributed by atoms with Crippen molar-refractivity contribution in [2.75, 3.05) is 24.2 Å². The number of rotatable bonds is 19.